The Bertz CT molecular complexity index is 276. The first kappa shape index (κ1) is 8.13. The van der Waals surface area contributed by atoms with E-state index < -0.39 is 0 Å². The molecule has 4 nitrogen and oxygen atoms in total. The highest BCUT2D eigenvalue weighted by Gasteiger charge is 2.00. The summed E-state index contributed by atoms with van der Waals surface area (Å²) in [6, 6.07) is 0. The van der Waals surface area contributed by atoms with Crippen LogP contribution >= 0.6 is 15.9 Å². The maximum Gasteiger partial charge on any atom is 0.222 e. The predicted molar refractivity (Wildman–Crippen MR) is 44.0 cm³/mol. The number of anilines is 1. The molecular weight excluding hydrogens is 210 g/mol. The Kier molecular flexibility index (Phi) is 2.53. The number of carbonyl (C=O) groups is 1. The minimum atomic E-state index is -0.149. The second-order valence-corrected chi connectivity index (χ2v) is 2.75. The van der Waals surface area contributed by atoms with E-state index in [2.05, 4.69) is 31.2 Å². The van der Waals surface area contributed by atoms with Crippen LogP contribution in [0.15, 0.2) is 17.0 Å². The van der Waals surface area contributed by atoms with Crippen molar-refractivity contribution in [1.29, 1.82) is 0 Å². The third kappa shape index (κ3) is 2.27. The molecular formula is C6H6BrN3O. The lowest BCUT2D eigenvalue weighted by Crippen LogP contribution is -2.07. The van der Waals surface area contributed by atoms with E-state index in [9.17, 15) is 4.79 Å². The normalized spacial score (nSPS) is 9.27. The molecule has 0 aliphatic heterocycles. The third-order valence-electron chi connectivity index (χ3n) is 0.962. The van der Waals surface area contributed by atoms with Gasteiger partial charge in [0.1, 0.15) is 12.1 Å². The maximum atomic E-state index is 10.6. The molecule has 0 unspecified atom stereocenters. The van der Waals surface area contributed by atoms with Gasteiger partial charge in [-0.2, -0.15) is 0 Å². The number of nitrogens with one attached hydrogen (secondary N) is 1. The zero-order valence-corrected chi connectivity index (χ0v) is 7.42. The second-order valence-electron chi connectivity index (χ2n) is 1.90. The van der Waals surface area contributed by atoms with E-state index in [1.54, 1.807) is 6.20 Å². The Morgan fingerprint density at radius 3 is 3.00 bits per heavy atom. The first-order valence-electron chi connectivity index (χ1n) is 2.93. The Hall–Kier alpha value is -0.970. The Morgan fingerprint density at radius 2 is 2.45 bits per heavy atom. The van der Waals surface area contributed by atoms with Gasteiger partial charge < -0.3 is 5.32 Å². The largest absolute Gasteiger partial charge is 0.310 e. The zero-order chi connectivity index (χ0) is 8.27. The summed E-state index contributed by atoms with van der Waals surface area (Å²) in [6.07, 6.45) is 2.94. The van der Waals surface area contributed by atoms with Crippen LogP contribution in [0, 0.1) is 0 Å². The van der Waals surface area contributed by atoms with E-state index in [4.69, 9.17) is 0 Å². The smallest absolute Gasteiger partial charge is 0.222 e. The SMILES string of the molecule is CC(=O)Nc1ncncc1Br. The van der Waals surface area contributed by atoms with Crippen LogP contribution in [0.4, 0.5) is 5.82 Å². The highest BCUT2D eigenvalue weighted by atomic mass is 79.9. The van der Waals surface area contributed by atoms with E-state index in [0.29, 0.717) is 10.3 Å². The van der Waals surface area contributed by atoms with E-state index in [0.717, 1.165) is 0 Å². The standard InChI is InChI=1S/C6H6BrN3O/c1-4(11)10-6-5(7)2-8-3-9-6/h2-3H,1H3,(H,8,9,10,11). The highest BCUT2D eigenvalue weighted by molar-refractivity contribution is 9.10. The number of hydrogen-bond donors (Lipinski definition) is 1. The van der Waals surface area contributed by atoms with Crippen LogP contribution in [-0.2, 0) is 4.79 Å². The highest BCUT2D eigenvalue weighted by Crippen LogP contribution is 2.16. The molecule has 11 heavy (non-hydrogen) atoms. The van der Waals surface area contributed by atoms with Crippen LogP contribution in [0.5, 0.6) is 0 Å². The van der Waals surface area contributed by atoms with Gasteiger partial charge in [0.15, 0.2) is 0 Å². The van der Waals surface area contributed by atoms with Crippen LogP contribution in [0.1, 0.15) is 6.92 Å². The van der Waals surface area contributed by atoms with E-state index >= 15 is 0 Å². The molecule has 1 rings (SSSR count). The maximum absolute atomic E-state index is 10.6. The topological polar surface area (TPSA) is 54.9 Å². The molecule has 0 radical (unpaired) electrons. The molecule has 0 atom stereocenters. The van der Waals surface area contributed by atoms with Gasteiger partial charge >= 0.3 is 0 Å². The van der Waals surface area contributed by atoms with Gasteiger partial charge in [-0.05, 0) is 15.9 Å². The summed E-state index contributed by atoms with van der Waals surface area (Å²) in [5.74, 6) is 0.344. The molecule has 58 valence electrons. The van der Waals surface area contributed by atoms with Gasteiger partial charge in [-0.3, -0.25) is 4.79 Å². The average Bonchev–Trinajstić information content (AvgIpc) is 1.93. The van der Waals surface area contributed by atoms with Gasteiger partial charge in [0.25, 0.3) is 0 Å². The first-order valence-corrected chi connectivity index (χ1v) is 3.72. The molecule has 0 bridgehead atoms. The Balaban J connectivity index is 2.86. The summed E-state index contributed by atoms with van der Waals surface area (Å²) in [5, 5.41) is 2.54. The quantitative estimate of drug-likeness (QED) is 0.767. The number of nitrogens with zero attached hydrogens (tertiary/aromatic N) is 2. The predicted octanol–water partition coefficient (Wildman–Crippen LogP) is 1.20. The summed E-state index contributed by atoms with van der Waals surface area (Å²) in [4.78, 5) is 18.1. The van der Waals surface area contributed by atoms with Crippen LogP contribution in [0.3, 0.4) is 0 Å². The third-order valence-corrected chi connectivity index (χ3v) is 1.54. The van der Waals surface area contributed by atoms with Crippen LogP contribution in [0.25, 0.3) is 0 Å². The number of rotatable bonds is 1. The average molecular weight is 216 g/mol. The lowest BCUT2D eigenvalue weighted by Gasteiger charge is -2.00. The lowest BCUT2D eigenvalue weighted by molar-refractivity contribution is -0.114. The van der Waals surface area contributed by atoms with Crippen LogP contribution < -0.4 is 5.32 Å². The molecule has 0 fully saturated rings. The molecule has 1 heterocycles. The van der Waals surface area contributed by atoms with E-state index in [1.807, 2.05) is 0 Å². The fourth-order valence-electron chi connectivity index (χ4n) is 0.571. The summed E-state index contributed by atoms with van der Waals surface area (Å²) in [6.45, 7) is 1.43. The van der Waals surface area contributed by atoms with Crippen molar-refractivity contribution < 1.29 is 4.79 Å². The molecule has 1 aromatic heterocycles. The Morgan fingerprint density at radius 1 is 1.73 bits per heavy atom. The van der Waals surface area contributed by atoms with Gasteiger partial charge in [0.2, 0.25) is 5.91 Å². The van der Waals surface area contributed by atoms with Crippen molar-refractivity contribution in [1.82, 2.24) is 9.97 Å². The van der Waals surface area contributed by atoms with Crippen molar-refractivity contribution in [2.45, 2.75) is 6.92 Å². The monoisotopic (exact) mass is 215 g/mol. The molecule has 0 aliphatic rings. The van der Waals surface area contributed by atoms with Gasteiger partial charge in [-0.15, -0.1) is 0 Å². The molecule has 0 aromatic carbocycles. The molecule has 1 N–H and O–H groups in total. The minimum absolute atomic E-state index is 0.149. The summed E-state index contributed by atoms with van der Waals surface area (Å²) in [7, 11) is 0. The molecule has 1 amide bonds. The van der Waals surface area contributed by atoms with Crippen LogP contribution in [0.2, 0.25) is 0 Å². The number of hydrogen-bond acceptors (Lipinski definition) is 3. The van der Waals surface area contributed by atoms with Gasteiger partial charge in [0, 0.05) is 13.1 Å². The fraction of sp³-hybridized carbons (Fsp3) is 0.167. The van der Waals surface area contributed by atoms with Crippen molar-refractivity contribution >= 4 is 27.7 Å². The molecule has 0 saturated heterocycles. The minimum Gasteiger partial charge on any atom is -0.310 e. The number of aromatic nitrogens is 2. The van der Waals surface area contributed by atoms with Crippen molar-refractivity contribution in [3.05, 3.63) is 17.0 Å². The molecule has 0 spiro atoms. The molecule has 5 heteroatoms. The number of amides is 1. The van der Waals surface area contributed by atoms with Gasteiger partial charge in [-0.1, -0.05) is 0 Å². The molecule has 0 aliphatic carbocycles. The van der Waals surface area contributed by atoms with Crippen LogP contribution in [-0.4, -0.2) is 15.9 Å². The van der Waals surface area contributed by atoms with E-state index in [-0.39, 0.29) is 5.91 Å². The molecule has 0 saturated carbocycles. The van der Waals surface area contributed by atoms with Crippen molar-refractivity contribution in [2.75, 3.05) is 5.32 Å². The van der Waals surface area contributed by atoms with Crippen molar-refractivity contribution in [3.63, 3.8) is 0 Å². The first-order chi connectivity index (χ1) is 5.20. The van der Waals surface area contributed by atoms with Gasteiger partial charge in [-0.25, -0.2) is 9.97 Å². The summed E-state index contributed by atoms with van der Waals surface area (Å²) in [5.41, 5.74) is 0. The fourth-order valence-corrected chi connectivity index (χ4v) is 0.891. The van der Waals surface area contributed by atoms with Crippen molar-refractivity contribution in [2.24, 2.45) is 0 Å². The van der Waals surface area contributed by atoms with Crippen molar-refractivity contribution in [3.8, 4) is 0 Å². The molecule has 1 aromatic rings. The zero-order valence-electron chi connectivity index (χ0n) is 5.84. The number of carbonyl (C=O) groups excluding carboxylic acids is 1. The lowest BCUT2D eigenvalue weighted by atomic mass is 10.5. The summed E-state index contributed by atoms with van der Waals surface area (Å²) >= 11 is 3.19. The van der Waals surface area contributed by atoms with E-state index in [1.165, 1.54) is 13.3 Å². The second kappa shape index (κ2) is 3.43. The summed E-state index contributed by atoms with van der Waals surface area (Å²) < 4.78 is 0.676. The Labute approximate surface area is 72.2 Å². The van der Waals surface area contributed by atoms with Gasteiger partial charge in [0.05, 0.1) is 4.47 Å². The number of halogens is 1.